The minimum atomic E-state index is -1.08. The molecule has 6 nitrogen and oxygen atoms in total. The van der Waals surface area contributed by atoms with Gasteiger partial charge in [-0.3, -0.25) is 19.7 Å². The average molecular weight is 278 g/mol. The number of nitrogens with zero attached hydrogens (tertiary/aromatic N) is 1. The fourth-order valence-electron chi connectivity index (χ4n) is 1.46. The minimum absolute atomic E-state index is 0.00389. The van der Waals surface area contributed by atoms with Crippen molar-refractivity contribution in [3.8, 4) is 5.75 Å². The van der Waals surface area contributed by atoms with E-state index in [9.17, 15) is 19.7 Å². The number of hydrogen-bond acceptors (Lipinski definition) is 5. The van der Waals surface area contributed by atoms with E-state index in [4.69, 9.17) is 4.74 Å². The van der Waals surface area contributed by atoms with Gasteiger partial charge in [0.25, 0.3) is 5.69 Å². The standard InChI is InChI=1S/C14H16NO5/c1-14(2,10-16)13(17)4-3-9-20-12-7-5-11(6-8-12)15(18)19/h5-8H,3-4,9H2,1-2H3. The number of rotatable bonds is 8. The van der Waals surface area contributed by atoms with Crippen molar-refractivity contribution >= 4 is 17.8 Å². The van der Waals surface area contributed by atoms with Gasteiger partial charge in [-0.1, -0.05) is 0 Å². The number of hydrogen-bond donors (Lipinski definition) is 0. The van der Waals surface area contributed by atoms with Crippen LogP contribution in [0, 0.1) is 15.5 Å². The number of carbonyl (C=O) groups is 1. The van der Waals surface area contributed by atoms with Gasteiger partial charge in [-0.2, -0.15) is 0 Å². The fourth-order valence-corrected chi connectivity index (χ4v) is 1.46. The molecule has 0 N–H and O–H groups in total. The first-order valence-corrected chi connectivity index (χ1v) is 6.16. The Morgan fingerprint density at radius 1 is 1.35 bits per heavy atom. The smallest absolute Gasteiger partial charge is 0.269 e. The Bertz CT molecular complexity index is 493. The van der Waals surface area contributed by atoms with Crippen LogP contribution in [0.5, 0.6) is 5.75 Å². The van der Waals surface area contributed by atoms with Crippen molar-refractivity contribution in [1.29, 1.82) is 0 Å². The Morgan fingerprint density at radius 2 is 1.95 bits per heavy atom. The third kappa shape index (κ3) is 4.46. The van der Waals surface area contributed by atoms with Crippen molar-refractivity contribution in [2.24, 2.45) is 5.41 Å². The van der Waals surface area contributed by atoms with Crippen molar-refractivity contribution in [3.05, 3.63) is 34.4 Å². The summed E-state index contributed by atoms with van der Waals surface area (Å²) in [6.07, 6.45) is 2.42. The quantitative estimate of drug-likeness (QED) is 0.315. The van der Waals surface area contributed by atoms with Crippen molar-refractivity contribution < 1.29 is 19.2 Å². The molecule has 1 radical (unpaired) electrons. The Morgan fingerprint density at radius 3 is 2.45 bits per heavy atom. The van der Waals surface area contributed by atoms with E-state index in [0.29, 0.717) is 18.8 Å². The second-order valence-corrected chi connectivity index (χ2v) is 4.85. The molecule has 0 atom stereocenters. The van der Waals surface area contributed by atoms with Gasteiger partial charge in [0.15, 0.2) is 0 Å². The maximum Gasteiger partial charge on any atom is 0.269 e. The van der Waals surface area contributed by atoms with Crippen LogP contribution in [0.25, 0.3) is 0 Å². The molecule has 0 spiro atoms. The molecule has 0 saturated heterocycles. The molecule has 0 aliphatic carbocycles. The molecule has 107 valence electrons. The Kier molecular flexibility index (Phi) is 5.37. The number of non-ortho nitro benzene ring substituents is 1. The van der Waals surface area contributed by atoms with Crippen molar-refractivity contribution in [2.45, 2.75) is 26.7 Å². The first-order valence-electron chi connectivity index (χ1n) is 6.16. The van der Waals surface area contributed by atoms with E-state index in [1.54, 1.807) is 6.29 Å². The van der Waals surface area contributed by atoms with E-state index < -0.39 is 10.3 Å². The van der Waals surface area contributed by atoms with Crippen LogP contribution >= 0.6 is 0 Å². The lowest BCUT2D eigenvalue weighted by Gasteiger charge is -2.13. The van der Waals surface area contributed by atoms with Crippen LogP contribution in [-0.4, -0.2) is 23.6 Å². The lowest BCUT2D eigenvalue weighted by atomic mass is 9.88. The minimum Gasteiger partial charge on any atom is -0.494 e. The zero-order valence-corrected chi connectivity index (χ0v) is 11.4. The maximum absolute atomic E-state index is 11.6. The molecule has 0 aliphatic rings. The third-order valence-corrected chi connectivity index (χ3v) is 2.82. The predicted molar refractivity (Wildman–Crippen MR) is 72.3 cm³/mol. The van der Waals surface area contributed by atoms with E-state index >= 15 is 0 Å². The molecule has 0 heterocycles. The van der Waals surface area contributed by atoms with Crippen molar-refractivity contribution in [2.75, 3.05) is 6.61 Å². The number of ether oxygens (including phenoxy) is 1. The van der Waals surface area contributed by atoms with E-state index in [-0.39, 0.29) is 17.9 Å². The molecule has 1 rings (SSSR count). The zero-order valence-electron chi connectivity index (χ0n) is 11.4. The Labute approximate surface area is 116 Å². The van der Waals surface area contributed by atoms with Gasteiger partial charge in [0, 0.05) is 18.6 Å². The maximum atomic E-state index is 11.6. The second kappa shape index (κ2) is 6.79. The molecule has 0 aliphatic heterocycles. The third-order valence-electron chi connectivity index (χ3n) is 2.82. The highest BCUT2D eigenvalue weighted by molar-refractivity contribution is 5.97. The number of ketones is 1. The molecule has 20 heavy (non-hydrogen) atoms. The molecule has 0 saturated carbocycles. The molecule has 1 aromatic carbocycles. The lowest BCUT2D eigenvalue weighted by molar-refractivity contribution is -0.384. The molecule has 0 amide bonds. The van der Waals surface area contributed by atoms with E-state index in [0.717, 1.165) is 0 Å². The number of nitro groups is 1. The normalized spacial score (nSPS) is 10.9. The molecule has 0 aromatic heterocycles. The summed E-state index contributed by atoms with van der Waals surface area (Å²) in [5.41, 5.74) is -1.08. The van der Waals surface area contributed by atoms with E-state index in [1.807, 2.05) is 0 Å². The largest absolute Gasteiger partial charge is 0.494 e. The van der Waals surface area contributed by atoms with Gasteiger partial charge in [-0.15, -0.1) is 0 Å². The molecule has 0 fully saturated rings. The van der Waals surface area contributed by atoms with Crippen molar-refractivity contribution in [3.63, 3.8) is 0 Å². The van der Waals surface area contributed by atoms with Crippen molar-refractivity contribution in [1.82, 2.24) is 0 Å². The first-order chi connectivity index (χ1) is 9.36. The summed E-state index contributed by atoms with van der Waals surface area (Å²) in [5, 5.41) is 10.5. The Balaban J connectivity index is 2.36. The van der Waals surface area contributed by atoms with E-state index in [1.165, 1.54) is 38.1 Å². The topological polar surface area (TPSA) is 86.5 Å². The average Bonchev–Trinajstić information content (AvgIpc) is 2.43. The lowest BCUT2D eigenvalue weighted by Crippen LogP contribution is -2.25. The predicted octanol–water partition coefficient (Wildman–Crippen LogP) is 2.46. The van der Waals surface area contributed by atoms with Gasteiger partial charge in [-0.05, 0) is 32.4 Å². The highest BCUT2D eigenvalue weighted by Crippen LogP contribution is 2.19. The molecular weight excluding hydrogens is 262 g/mol. The highest BCUT2D eigenvalue weighted by Gasteiger charge is 2.26. The number of carbonyl (C=O) groups excluding carboxylic acids is 2. The first kappa shape index (κ1) is 15.8. The van der Waals surface area contributed by atoms with Crippen LogP contribution < -0.4 is 4.74 Å². The van der Waals surface area contributed by atoms with E-state index in [2.05, 4.69) is 0 Å². The van der Waals surface area contributed by atoms with Gasteiger partial charge >= 0.3 is 0 Å². The van der Waals surface area contributed by atoms with Gasteiger partial charge in [0.05, 0.1) is 16.9 Å². The molecule has 6 heteroatoms. The van der Waals surface area contributed by atoms with Crippen LogP contribution in [0.4, 0.5) is 5.69 Å². The molecular formula is C14H16NO5. The van der Waals surface area contributed by atoms with Gasteiger partial charge in [0.1, 0.15) is 11.5 Å². The summed E-state index contributed by atoms with van der Waals surface area (Å²) >= 11 is 0. The summed E-state index contributed by atoms with van der Waals surface area (Å²) in [4.78, 5) is 32.2. The molecule has 1 aromatic rings. The number of Topliss-reactive ketones (excluding diaryl/α,β-unsaturated/α-hetero) is 1. The summed E-state index contributed by atoms with van der Waals surface area (Å²) < 4.78 is 5.36. The highest BCUT2D eigenvalue weighted by atomic mass is 16.6. The monoisotopic (exact) mass is 278 g/mol. The van der Waals surface area contributed by atoms with Crippen LogP contribution in [0.3, 0.4) is 0 Å². The van der Waals surface area contributed by atoms with Gasteiger partial charge in [0.2, 0.25) is 6.29 Å². The number of benzene rings is 1. The second-order valence-electron chi connectivity index (χ2n) is 4.85. The molecule has 0 bridgehead atoms. The summed E-state index contributed by atoms with van der Waals surface area (Å²) in [6, 6.07) is 5.71. The molecule has 0 unspecified atom stereocenters. The summed E-state index contributed by atoms with van der Waals surface area (Å²) in [7, 11) is 0. The van der Waals surface area contributed by atoms with Crippen LogP contribution in [-0.2, 0) is 9.59 Å². The van der Waals surface area contributed by atoms with Crippen LogP contribution in [0.2, 0.25) is 0 Å². The van der Waals surface area contributed by atoms with Gasteiger partial charge in [-0.25, -0.2) is 0 Å². The number of nitro benzene ring substituents is 1. The van der Waals surface area contributed by atoms with Gasteiger partial charge < -0.3 is 4.74 Å². The van der Waals surface area contributed by atoms with Crippen LogP contribution in [0.1, 0.15) is 26.7 Å². The Hall–Kier alpha value is -2.24. The summed E-state index contributed by atoms with van der Waals surface area (Å²) in [5.74, 6) is 0.323. The summed E-state index contributed by atoms with van der Waals surface area (Å²) in [6.45, 7) is 3.36. The zero-order chi connectivity index (χ0) is 15.2. The fraction of sp³-hybridized carbons (Fsp3) is 0.429. The van der Waals surface area contributed by atoms with Crippen LogP contribution in [0.15, 0.2) is 24.3 Å². The SMILES string of the molecule is CC(C)([C]=O)C(=O)CCCOc1ccc([N+](=O)[O-])cc1.